The zero-order chi connectivity index (χ0) is 18.7. The first-order valence-electron chi connectivity index (χ1n) is 8.11. The molecule has 3 rings (SSSR count). The fourth-order valence-electron chi connectivity index (χ4n) is 2.92. The Morgan fingerprint density at radius 1 is 1.19 bits per heavy atom. The maximum absolute atomic E-state index is 13.7. The van der Waals surface area contributed by atoms with E-state index in [0.29, 0.717) is 17.2 Å². The first-order chi connectivity index (χ1) is 12.5. The van der Waals surface area contributed by atoms with Gasteiger partial charge in [-0.15, -0.1) is 0 Å². The van der Waals surface area contributed by atoms with Gasteiger partial charge in [0.2, 0.25) is 11.8 Å². The molecule has 1 N–H and O–H groups in total. The maximum atomic E-state index is 13.7. The van der Waals surface area contributed by atoms with E-state index in [1.807, 2.05) is 0 Å². The van der Waals surface area contributed by atoms with E-state index in [0.717, 1.165) is 0 Å². The highest BCUT2D eigenvalue weighted by molar-refractivity contribution is 6.04. The highest BCUT2D eigenvalue weighted by Crippen LogP contribution is 2.36. The van der Waals surface area contributed by atoms with Crippen molar-refractivity contribution in [1.29, 1.82) is 0 Å². The molecule has 136 valence electrons. The third-order valence-electron chi connectivity index (χ3n) is 4.31. The quantitative estimate of drug-likeness (QED) is 0.892. The van der Waals surface area contributed by atoms with Crippen molar-refractivity contribution in [2.75, 3.05) is 31.0 Å². The molecule has 1 heterocycles. The van der Waals surface area contributed by atoms with Crippen LogP contribution in [0.2, 0.25) is 0 Å². The van der Waals surface area contributed by atoms with Crippen LogP contribution >= 0.6 is 0 Å². The van der Waals surface area contributed by atoms with Crippen LogP contribution in [-0.4, -0.2) is 32.6 Å². The van der Waals surface area contributed by atoms with Crippen LogP contribution in [0.3, 0.4) is 0 Å². The van der Waals surface area contributed by atoms with Crippen molar-refractivity contribution in [2.24, 2.45) is 5.92 Å². The van der Waals surface area contributed by atoms with E-state index in [-0.39, 0.29) is 24.6 Å². The predicted molar refractivity (Wildman–Crippen MR) is 95.0 cm³/mol. The van der Waals surface area contributed by atoms with Gasteiger partial charge < -0.3 is 19.7 Å². The number of halogens is 1. The van der Waals surface area contributed by atoms with Crippen LogP contribution in [0.15, 0.2) is 42.5 Å². The van der Waals surface area contributed by atoms with Gasteiger partial charge in [-0.05, 0) is 24.3 Å². The maximum Gasteiger partial charge on any atom is 0.229 e. The van der Waals surface area contributed by atoms with E-state index in [9.17, 15) is 14.0 Å². The van der Waals surface area contributed by atoms with Crippen LogP contribution in [0, 0.1) is 11.7 Å². The number of nitrogens with zero attached hydrogens (tertiary/aromatic N) is 1. The summed E-state index contributed by atoms with van der Waals surface area (Å²) in [4.78, 5) is 26.4. The number of para-hydroxylation sites is 1. The fourth-order valence-corrected chi connectivity index (χ4v) is 2.92. The summed E-state index contributed by atoms with van der Waals surface area (Å²) in [5.74, 6) is -0.590. The number of ether oxygens (including phenoxy) is 2. The lowest BCUT2D eigenvalue weighted by atomic mass is 10.1. The molecule has 0 radical (unpaired) electrons. The van der Waals surface area contributed by atoms with Crippen molar-refractivity contribution < 1.29 is 23.5 Å². The number of benzene rings is 2. The highest BCUT2D eigenvalue weighted by Gasteiger charge is 2.36. The fraction of sp³-hybridized carbons (Fsp3) is 0.263. The van der Waals surface area contributed by atoms with Crippen LogP contribution in [0.4, 0.5) is 15.8 Å². The molecule has 0 aromatic heterocycles. The molecule has 0 saturated carbocycles. The van der Waals surface area contributed by atoms with E-state index >= 15 is 0 Å². The van der Waals surface area contributed by atoms with Crippen molar-refractivity contribution in [3.8, 4) is 11.5 Å². The Labute approximate surface area is 150 Å². The number of carbonyl (C=O) groups is 2. The molecule has 1 saturated heterocycles. The molecule has 2 aromatic carbocycles. The molecule has 7 heteroatoms. The molecule has 1 aliphatic heterocycles. The minimum absolute atomic E-state index is 0.0511. The molecule has 0 bridgehead atoms. The Morgan fingerprint density at radius 3 is 2.65 bits per heavy atom. The number of nitrogens with one attached hydrogen (secondary N) is 1. The summed E-state index contributed by atoms with van der Waals surface area (Å²) in [5.41, 5.74) is 0.671. The normalized spacial score (nSPS) is 16.5. The molecular weight excluding hydrogens is 339 g/mol. The van der Waals surface area contributed by atoms with Gasteiger partial charge in [0.15, 0.2) is 0 Å². The second-order valence-electron chi connectivity index (χ2n) is 5.91. The minimum atomic E-state index is -0.575. The molecule has 6 nitrogen and oxygen atoms in total. The second kappa shape index (κ2) is 7.43. The van der Waals surface area contributed by atoms with Gasteiger partial charge in [-0.1, -0.05) is 12.1 Å². The van der Waals surface area contributed by atoms with Gasteiger partial charge >= 0.3 is 0 Å². The largest absolute Gasteiger partial charge is 0.497 e. The first-order valence-corrected chi connectivity index (χ1v) is 8.11. The third kappa shape index (κ3) is 3.46. The Kier molecular flexibility index (Phi) is 5.06. The number of carbonyl (C=O) groups excluding carboxylic acids is 2. The molecule has 26 heavy (non-hydrogen) atoms. The molecule has 1 fully saturated rings. The lowest BCUT2D eigenvalue weighted by Crippen LogP contribution is -2.28. The summed E-state index contributed by atoms with van der Waals surface area (Å²) in [5, 5.41) is 2.55. The Hall–Kier alpha value is -3.09. The lowest BCUT2D eigenvalue weighted by Gasteiger charge is -2.20. The summed E-state index contributed by atoms with van der Waals surface area (Å²) in [6.07, 6.45) is 0.0511. The minimum Gasteiger partial charge on any atom is -0.497 e. The number of hydrogen-bond donors (Lipinski definition) is 1. The molecule has 0 spiro atoms. The smallest absolute Gasteiger partial charge is 0.229 e. The van der Waals surface area contributed by atoms with Gasteiger partial charge in [-0.25, -0.2) is 4.39 Å². The number of amides is 2. The summed E-state index contributed by atoms with van der Waals surface area (Å²) < 4.78 is 24.2. The molecule has 2 amide bonds. The number of methoxy groups -OCH3 is 2. The molecule has 1 aliphatic rings. The predicted octanol–water partition coefficient (Wildman–Crippen LogP) is 2.83. The summed E-state index contributed by atoms with van der Waals surface area (Å²) in [6, 6.07) is 11.0. The van der Waals surface area contributed by atoms with E-state index in [4.69, 9.17) is 9.47 Å². The van der Waals surface area contributed by atoms with Gasteiger partial charge in [0, 0.05) is 19.0 Å². The van der Waals surface area contributed by atoms with E-state index < -0.39 is 17.6 Å². The molecular formula is C19H19FN2O4. The van der Waals surface area contributed by atoms with E-state index in [2.05, 4.69) is 5.32 Å². The van der Waals surface area contributed by atoms with Crippen molar-refractivity contribution in [3.63, 3.8) is 0 Å². The van der Waals surface area contributed by atoms with Crippen LogP contribution in [0.1, 0.15) is 6.42 Å². The number of hydrogen-bond acceptors (Lipinski definition) is 4. The lowest BCUT2D eigenvalue weighted by molar-refractivity contribution is -0.122. The second-order valence-corrected chi connectivity index (χ2v) is 5.91. The Balaban J connectivity index is 1.76. The third-order valence-corrected chi connectivity index (χ3v) is 4.31. The first kappa shape index (κ1) is 17.7. The van der Waals surface area contributed by atoms with Gasteiger partial charge in [0.25, 0.3) is 0 Å². The van der Waals surface area contributed by atoms with Crippen LogP contribution in [0.25, 0.3) is 0 Å². The van der Waals surface area contributed by atoms with Gasteiger partial charge in [0.05, 0.1) is 31.5 Å². The highest BCUT2D eigenvalue weighted by atomic mass is 19.1. The molecule has 1 unspecified atom stereocenters. The standard InChI is InChI=1S/C19H19FN2O4/c1-25-13-7-8-16(17(10-13)26-2)22-11-12(9-18(22)23)19(24)21-15-6-4-3-5-14(15)20/h3-8,10,12H,9,11H2,1-2H3,(H,21,24). The van der Waals surface area contributed by atoms with Crippen molar-refractivity contribution in [3.05, 3.63) is 48.3 Å². The van der Waals surface area contributed by atoms with Crippen LogP contribution in [-0.2, 0) is 9.59 Å². The number of anilines is 2. The summed E-state index contributed by atoms with van der Waals surface area (Å²) in [7, 11) is 3.04. The Morgan fingerprint density at radius 2 is 1.96 bits per heavy atom. The van der Waals surface area contributed by atoms with Gasteiger partial charge in [-0.3, -0.25) is 9.59 Å². The average Bonchev–Trinajstić information content (AvgIpc) is 3.04. The SMILES string of the molecule is COc1ccc(N2CC(C(=O)Nc3ccccc3F)CC2=O)c(OC)c1. The average molecular weight is 358 g/mol. The zero-order valence-corrected chi connectivity index (χ0v) is 14.5. The molecule has 0 aliphatic carbocycles. The molecule has 1 atom stereocenters. The van der Waals surface area contributed by atoms with E-state index in [1.165, 1.54) is 24.1 Å². The van der Waals surface area contributed by atoms with Gasteiger partial charge in [0.1, 0.15) is 17.3 Å². The summed E-state index contributed by atoms with van der Waals surface area (Å²) in [6.45, 7) is 0.196. The van der Waals surface area contributed by atoms with Crippen molar-refractivity contribution in [1.82, 2.24) is 0 Å². The summed E-state index contributed by atoms with van der Waals surface area (Å²) >= 11 is 0. The number of rotatable bonds is 5. The van der Waals surface area contributed by atoms with Crippen molar-refractivity contribution >= 4 is 23.2 Å². The monoisotopic (exact) mass is 358 g/mol. The van der Waals surface area contributed by atoms with E-state index in [1.54, 1.807) is 37.4 Å². The zero-order valence-electron chi connectivity index (χ0n) is 14.5. The Bertz CT molecular complexity index is 840. The van der Waals surface area contributed by atoms with Crippen LogP contribution in [0.5, 0.6) is 11.5 Å². The topological polar surface area (TPSA) is 67.9 Å². The van der Waals surface area contributed by atoms with Crippen LogP contribution < -0.4 is 19.7 Å². The molecule has 2 aromatic rings. The van der Waals surface area contributed by atoms with Gasteiger partial charge in [-0.2, -0.15) is 0 Å². The van der Waals surface area contributed by atoms with Crippen molar-refractivity contribution in [2.45, 2.75) is 6.42 Å².